The van der Waals surface area contributed by atoms with E-state index in [1.165, 1.54) is 33.6 Å². The van der Waals surface area contributed by atoms with E-state index < -0.39 is 17.7 Å². The molecular formula is C33H31N3O5S2. The summed E-state index contributed by atoms with van der Waals surface area (Å²) < 4.78 is 12.4. The number of carbonyl (C=O) groups is 2. The number of aryl methyl sites for hydroxylation is 1. The lowest BCUT2D eigenvalue weighted by molar-refractivity contribution is -0.132. The summed E-state index contributed by atoms with van der Waals surface area (Å²) in [5, 5.41) is 20.6. The highest BCUT2D eigenvalue weighted by molar-refractivity contribution is 8.00. The maximum Gasteiger partial charge on any atom is 0.301 e. The highest BCUT2D eigenvalue weighted by atomic mass is 32.2. The predicted molar refractivity (Wildman–Crippen MR) is 168 cm³/mol. The molecule has 2 atom stereocenters. The van der Waals surface area contributed by atoms with Crippen LogP contribution in [0, 0.1) is 6.92 Å². The van der Waals surface area contributed by atoms with Crippen LogP contribution in [0.5, 0.6) is 11.5 Å². The van der Waals surface area contributed by atoms with E-state index in [0.717, 1.165) is 23.3 Å². The molecule has 0 unspecified atom stereocenters. The quantitative estimate of drug-likeness (QED) is 0.0717. The molecule has 1 saturated heterocycles. The molecule has 0 saturated carbocycles. The zero-order valence-electron chi connectivity index (χ0n) is 24.1. The number of hydrogen-bond acceptors (Lipinski definition) is 9. The van der Waals surface area contributed by atoms with Crippen LogP contribution < -0.4 is 14.4 Å². The number of hydrogen-bond donors (Lipinski definition) is 1. The minimum absolute atomic E-state index is 0.00591. The van der Waals surface area contributed by atoms with Crippen LogP contribution in [0.3, 0.4) is 0 Å². The number of Topliss-reactive ketones (excluding diaryl/α,β-unsaturated/α-hetero) is 1. The zero-order valence-corrected chi connectivity index (χ0v) is 25.7. The average Bonchev–Trinajstić information content (AvgIpc) is 3.70. The fourth-order valence-electron chi connectivity index (χ4n) is 5.25. The van der Waals surface area contributed by atoms with Crippen LogP contribution in [0.4, 0.5) is 5.13 Å². The minimum atomic E-state index is -0.920. The summed E-state index contributed by atoms with van der Waals surface area (Å²) in [6, 6.07) is 20.0. The smallest absolute Gasteiger partial charge is 0.301 e. The van der Waals surface area contributed by atoms with Gasteiger partial charge in [0.2, 0.25) is 5.13 Å². The monoisotopic (exact) mass is 613 g/mol. The van der Waals surface area contributed by atoms with Crippen molar-refractivity contribution in [3.05, 3.63) is 100 Å². The van der Waals surface area contributed by atoms with Crippen molar-refractivity contribution in [2.24, 2.45) is 0 Å². The molecule has 2 aliphatic rings. The van der Waals surface area contributed by atoms with Gasteiger partial charge in [0.15, 0.2) is 4.34 Å². The van der Waals surface area contributed by atoms with E-state index in [4.69, 9.17) is 9.47 Å². The molecule has 220 valence electrons. The van der Waals surface area contributed by atoms with Gasteiger partial charge in [-0.25, -0.2) is 0 Å². The van der Waals surface area contributed by atoms with Gasteiger partial charge in [0.05, 0.1) is 18.2 Å². The number of rotatable bonds is 9. The molecule has 8 nitrogen and oxygen atoms in total. The summed E-state index contributed by atoms with van der Waals surface area (Å²) in [6.07, 6.45) is 1.55. The SMILES string of the molecule is CCCOc1cccc([C@H]2/C(=C(\O)c3ccc4c(c3)C[C@H](C)O4)C(=O)C(=O)N2c2nnc(SCc3ccc(C)cc3)s2)c1. The first-order chi connectivity index (χ1) is 20.8. The first-order valence-electron chi connectivity index (χ1n) is 14.2. The lowest BCUT2D eigenvalue weighted by atomic mass is 9.94. The van der Waals surface area contributed by atoms with Crippen LogP contribution in [-0.4, -0.2) is 39.7 Å². The molecule has 1 N–H and O–H groups in total. The average molecular weight is 614 g/mol. The molecule has 43 heavy (non-hydrogen) atoms. The van der Waals surface area contributed by atoms with Crippen molar-refractivity contribution in [2.45, 2.75) is 55.9 Å². The number of amides is 1. The van der Waals surface area contributed by atoms with Crippen LogP contribution in [0.2, 0.25) is 0 Å². The number of anilines is 1. The van der Waals surface area contributed by atoms with Crippen LogP contribution in [0.25, 0.3) is 5.76 Å². The van der Waals surface area contributed by atoms with Crippen molar-refractivity contribution in [3.63, 3.8) is 0 Å². The fraction of sp³-hybridized carbons (Fsp3) is 0.273. The number of aliphatic hydroxyl groups excluding tert-OH is 1. The number of aromatic nitrogens is 2. The van der Waals surface area contributed by atoms with Crippen LogP contribution in [0.1, 0.15) is 54.1 Å². The molecule has 3 heterocycles. The highest BCUT2D eigenvalue weighted by Crippen LogP contribution is 2.45. The van der Waals surface area contributed by atoms with E-state index in [-0.39, 0.29) is 22.6 Å². The number of nitrogens with zero attached hydrogens (tertiary/aromatic N) is 3. The highest BCUT2D eigenvalue weighted by Gasteiger charge is 2.48. The van der Waals surface area contributed by atoms with Crippen molar-refractivity contribution >= 4 is 45.7 Å². The Morgan fingerprint density at radius 1 is 1.12 bits per heavy atom. The number of carbonyl (C=O) groups excluding carboxylic acids is 2. The molecule has 0 bridgehead atoms. The Bertz CT molecular complexity index is 1720. The standard InChI is InChI=1S/C33H31N3O5S2/c1-4-14-40-25-7-5-6-22(17-25)28-27(29(37)23-12-13-26-24(16-23)15-20(3)41-26)30(38)31(39)36(28)32-34-35-33(43-32)42-18-21-10-8-19(2)9-11-21/h5-13,16-17,20,28,37H,4,14-15,18H2,1-3H3/b29-27+/t20-,28-/m0/s1. The zero-order chi connectivity index (χ0) is 30.1. The van der Waals surface area contributed by atoms with Gasteiger partial charge >= 0.3 is 5.91 Å². The predicted octanol–water partition coefficient (Wildman–Crippen LogP) is 6.88. The number of ketones is 1. The van der Waals surface area contributed by atoms with Gasteiger partial charge in [-0.2, -0.15) is 0 Å². The summed E-state index contributed by atoms with van der Waals surface area (Å²) >= 11 is 2.76. The molecule has 1 amide bonds. The van der Waals surface area contributed by atoms with Crippen LogP contribution in [-0.2, 0) is 21.8 Å². The normalized spacial score (nSPS) is 19.0. The molecule has 4 aromatic rings. The second kappa shape index (κ2) is 12.2. The second-order valence-electron chi connectivity index (χ2n) is 10.7. The van der Waals surface area contributed by atoms with Gasteiger partial charge < -0.3 is 14.6 Å². The molecule has 10 heteroatoms. The third-order valence-electron chi connectivity index (χ3n) is 7.35. The summed E-state index contributed by atoms with van der Waals surface area (Å²) in [7, 11) is 0. The molecule has 1 aromatic heterocycles. The molecule has 2 aliphatic heterocycles. The molecule has 6 rings (SSSR count). The van der Waals surface area contributed by atoms with Crippen LogP contribution in [0.15, 0.2) is 76.6 Å². The van der Waals surface area contributed by atoms with Gasteiger partial charge in [0.1, 0.15) is 23.4 Å². The van der Waals surface area contributed by atoms with Gasteiger partial charge in [-0.05, 0) is 67.3 Å². The number of thioether (sulfide) groups is 1. The lowest BCUT2D eigenvalue weighted by Gasteiger charge is -2.23. The Balaban J connectivity index is 1.39. The Morgan fingerprint density at radius 2 is 1.93 bits per heavy atom. The Kier molecular flexibility index (Phi) is 8.23. The van der Waals surface area contributed by atoms with Gasteiger partial charge in [0, 0.05) is 17.7 Å². The summed E-state index contributed by atoms with van der Waals surface area (Å²) in [4.78, 5) is 28.7. The van der Waals surface area contributed by atoms with Crippen molar-refractivity contribution in [3.8, 4) is 11.5 Å². The summed E-state index contributed by atoms with van der Waals surface area (Å²) in [6.45, 7) is 6.57. The Hall–Kier alpha value is -4.15. The van der Waals surface area contributed by atoms with E-state index in [9.17, 15) is 14.7 Å². The maximum absolute atomic E-state index is 13.7. The van der Waals surface area contributed by atoms with E-state index >= 15 is 0 Å². The molecule has 0 aliphatic carbocycles. The van der Waals surface area contributed by atoms with Gasteiger partial charge in [-0.1, -0.05) is 72.0 Å². The molecule has 0 spiro atoms. The first kappa shape index (κ1) is 28.9. The second-order valence-corrected chi connectivity index (χ2v) is 12.8. The molecule has 1 fully saturated rings. The number of fused-ring (bicyclic) bond motifs is 1. The first-order valence-corrected chi connectivity index (χ1v) is 16.0. The maximum atomic E-state index is 13.7. The van der Waals surface area contributed by atoms with E-state index in [1.807, 2.05) is 45.0 Å². The van der Waals surface area contributed by atoms with E-state index in [2.05, 4.69) is 34.5 Å². The third-order valence-corrected chi connectivity index (χ3v) is 9.47. The number of ether oxygens (including phenoxy) is 2. The molecule has 3 aromatic carbocycles. The van der Waals surface area contributed by atoms with Crippen molar-refractivity contribution in [2.75, 3.05) is 11.5 Å². The largest absolute Gasteiger partial charge is 0.507 e. The molecular weight excluding hydrogens is 583 g/mol. The van der Waals surface area contributed by atoms with E-state index in [0.29, 0.717) is 40.0 Å². The van der Waals surface area contributed by atoms with Crippen LogP contribution >= 0.6 is 23.1 Å². The van der Waals surface area contributed by atoms with E-state index in [1.54, 1.807) is 18.2 Å². The Morgan fingerprint density at radius 3 is 2.72 bits per heavy atom. The summed E-state index contributed by atoms with van der Waals surface area (Å²) in [5.74, 6) is 0.264. The molecule has 0 radical (unpaired) electrons. The number of aliphatic hydroxyl groups is 1. The third kappa shape index (κ3) is 5.89. The van der Waals surface area contributed by atoms with Crippen molar-refractivity contribution in [1.29, 1.82) is 0 Å². The van der Waals surface area contributed by atoms with Gasteiger partial charge in [-0.15, -0.1) is 10.2 Å². The lowest BCUT2D eigenvalue weighted by Crippen LogP contribution is -2.29. The topological polar surface area (TPSA) is 102 Å². The van der Waals surface area contributed by atoms with Gasteiger partial charge in [-0.3, -0.25) is 14.5 Å². The van der Waals surface area contributed by atoms with Crippen molar-refractivity contribution in [1.82, 2.24) is 10.2 Å². The van der Waals surface area contributed by atoms with Crippen molar-refractivity contribution < 1.29 is 24.2 Å². The van der Waals surface area contributed by atoms with Gasteiger partial charge in [0.25, 0.3) is 5.78 Å². The fourth-order valence-corrected chi connectivity index (χ4v) is 7.08. The minimum Gasteiger partial charge on any atom is -0.507 e. The summed E-state index contributed by atoms with van der Waals surface area (Å²) in [5.41, 5.74) is 4.34. The Labute approximate surface area is 258 Å². The number of benzene rings is 3.